The van der Waals surface area contributed by atoms with Crippen LogP contribution in [0.4, 0.5) is 4.39 Å². The van der Waals surface area contributed by atoms with Crippen LogP contribution in [0.25, 0.3) is 0 Å². The zero-order valence-electron chi connectivity index (χ0n) is 12.3. The van der Waals surface area contributed by atoms with Gasteiger partial charge in [-0.1, -0.05) is 6.92 Å². The molecule has 0 N–H and O–H groups in total. The van der Waals surface area contributed by atoms with E-state index in [1.807, 2.05) is 0 Å². The minimum Gasteiger partial charge on any atom is -0.494 e. The predicted octanol–water partition coefficient (Wildman–Crippen LogP) is 2.95. The van der Waals surface area contributed by atoms with Crippen molar-refractivity contribution < 1.29 is 13.9 Å². The van der Waals surface area contributed by atoms with Crippen LogP contribution in [0.5, 0.6) is 5.75 Å². The summed E-state index contributed by atoms with van der Waals surface area (Å²) in [5.74, 6) is 1.14. The topological polar surface area (TPSA) is 21.7 Å². The van der Waals surface area contributed by atoms with E-state index in [1.165, 1.54) is 18.6 Å². The van der Waals surface area contributed by atoms with Crippen LogP contribution in [-0.4, -0.2) is 44.4 Å². The molecule has 1 aromatic carbocycles. The molecule has 1 aliphatic rings. The number of hydrogen-bond acceptors (Lipinski definition) is 3. The minimum atomic E-state index is -0.231. The molecule has 1 heterocycles. The summed E-state index contributed by atoms with van der Waals surface area (Å²) in [6, 6.07) is 6.17. The first kappa shape index (κ1) is 15.3. The average Bonchev–Trinajstić information content (AvgIpc) is 2.47. The van der Waals surface area contributed by atoms with E-state index in [0.717, 1.165) is 31.8 Å². The number of likely N-dealkylation sites (tertiary alicyclic amines) is 1. The van der Waals surface area contributed by atoms with Crippen molar-refractivity contribution in [1.82, 2.24) is 4.90 Å². The Kier molecular flexibility index (Phi) is 5.80. The van der Waals surface area contributed by atoms with E-state index < -0.39 is 0 Å². The van der Waals surface area contributed by atoms with Gasteiger partial charge in [0.25, 0.3) is 0 Å². The number of ether oxygens (including phenoxy) is 2. The summed E-state index contributed by atoms with van der Waals surface area (Å²) >= 11 is 0. The van der Waals surface area contributed by atoms with Crippen LogP contribution < -0.4 is 4.74 Å². The lowest BCUT2D eigenvalue weighted by Crippen LogP contribution is -2.44. The van der Waals surface area contributed by atoms with Gasteiger partial charge in [-0.2, -0.15) is 0 Å². The number of piperidine rings is 1. The number of nitrogens with zero attached hydrogens (tertiary/aromatic N) is 1. The summed E-state index contributed by atoms with van der Waals surface area (Å²) < 4.78 is 23.9. The second-order valence-corrected chi connectivity index (χ2v) is 5.50. The Balaban J connectivity index is 1.65. The highest BCUT2D eigenvalue weighted by molar-refractivity contribution is 5.21. The number of methoxy groups -OCH3 is 1. The molecule has 0 amide bonds. The van der Waals surface area contributed by atoms with Gasteiger partial charge in [-0.05, 0) is 49.6 Å². The largest absolute Gasteiger partial charge is 0.494 e. The van der Waals surface area contributed by atoms with Gasteiger partial charge in [0.1, 0.15) is 11.6 Å². The molecular formula is C16H24FNO2. The smallest absolute Gasteiger partial charge is 0.123 e. The number of hydrogen-bond donors (Lipinski definition) is 0. The van der Waals surface area contributed by atoms with Crippen molar-refractivity contribution in [3.8, 4) is 5.75 Å². The zero-order chi connectivity index (χ0) is 14.4. The normalized spacial score (nSPS) is 23.8. The van der Waals surface area contributed by atoms with E-state index in [0.29, 0.717) is 18.6 Å². The Labute approximate surface area is 120 Å². The fraction of sp³-hybridized carbons (Fsp3) is 0.625. The Morgan fingerprint density at radius 2 is 2.05 bits per heavy atom. The van der Waals surface area contributed by atoms with Crippen LogP contribution >= 0.6 is 0 Å². The van der Waals surface area contributed by atoms with Crippen LogP contribution in [0.1, 0.15) is 19.8 Å². The lowest BCUT2D eigenvalue weighted by Gasteiger charge is -2.36. The molecule has 1 saturated heterocycles. The first-order valence-electron chi connectivity index (χ1n) is 7.32. The van der Waals surface area contributed by atoms with E-state index in [1.54, 1.807) is 19.2 Å². The van der Waals surface area contributed by atoms with E-state index in [2.05, 4.69) is 11.8 Å². The maximum Gasteiger partial charge on any atom is 0.123 e. The highest BCUT2D eigenvalue weighted by atomic mass is 19.1. The van der Waals surface area contributed by atoms with Gasteiger partial charge in [-0.15, -0.1) is 0 Å². The molecule has 2 rings (SSSR count). The molecule has 3 nitrogen and oxygen atoms in total. The first-order chi connectivity index (χ1) is 9.69. The second-order valence-electron chi connectivity index (χ2n) is 5.50. The Bertz CT molecular complexity index is 396. The molecule has 20 heavy (non-hydrogen) atoms. The standard InChI is InChI=1S/C16H24FNO2/c1-13-8-10-18(12-16(13)19-2)9-3-11-20-15-6-4-14(17)5-7-15/h4-7,13,16H,3,8-12H2,1-2H3. The van der Waals surface area contributed by atoms with Gasteiger partial charge >= 0.3 is 0 Å². The van der Waals surface area contributed by atoms with E-state index in [-0.39, 0.29) is 5.82 Å². The van der Waals surface area contributed by atoms with Crippen molar-refractivity contribution in [2.45, 2.75) is 25.9 Å². The molecule has 112 valence electrons. The molecule has 0 saturated carbocycles. The predicted molar refractivity (Wildman–Crippen MR) is 77.5 cm³/mol. The Morgan fingerprint density at radius 3 is 2.75 bits per heavy atom. The van der Waals surface area contributed by atoms with Crippen LogP contribution in [0.2, 0.25) is 0 Å². The summed E-state index contributed by atoms with van der Waals surface area (Å²) in [7, 11) is 1.79. The van der Waals surface area contributed by atoms with Crippen molar-refractivity contribution >= 4 is 0 Å². The Hall–Kier alpha value is -1.13. The molecule has 0 spiro atoms. The number of rotatable bonds is 6. The van der Waals surface area contributed by atoms with Crippen molar-refractivity contribution in [3.05, 3.63) is 30.1 Å². The quantitative estimate of drug-likeness (QED) is 0.748. The molecule has 2 atom stereocenters. The molecule has 4 heteroatoms. The van der Waals surface area contributed by atoms with Gasteiger partial charge in [0, 0.05) is 20.2 Å². The molecular weight excluding hydrogens is 257 g/mol. The van der Waals surface area contributed by atoms with Crippen LogP contribution in [-0.2, 0) is 4.74 Å². The molecule has 1 fully saturated rings. The van der Waals surface area contributed by atoms with Gasteiger partial charge in [0.05, 0.1) is 12.7 Å². The third-order valence-electron chi connectivity index (χ3n) is 3.98. The van der Waals surface area contributed by atoms with Gasteiger partial charge in [0.2, 0.25) is 0 Å². The second kappa shape index (κ2) is 7.60. The maximum atomic E-state index is 12.7. The van der Waals surface area contributed by atoms with Crippen molar-refractivity contribution in [1.29, 1.82) is 0 Å². The molecule has 2 unspecified atom stereocenters. The fourth-order valence-electron chi connectivity index (χ4n) is 2.62. The van der Waals surface area contributed by atoms with Gasteiger partial charge in [-0.25, -0.2) is 4.39 Å². The molecule has 1 aliphatic heterocycles. The van der Waals surface area contributed by atoms with E-state index in [9.17, 15) is 4.39 Å². The molecule has 0 radical (unpaired) electrons. The highest BCUT2D eigenvalue weighted by Crippen LogP contribution is 2.19. The van der Waals surface area contributed by atoms with Crippen LogP contribution in [0, 0.1) is 11.7 Å². The van der Waals surface area contributed by atoms with Crippen molar-refractivity contribution in [2.75, 3.05) is 33.4 Å². The molecule has 0 aliphatic carbocycles. The summed E-state index contributed by atoms with van der Waals surface area (Å²) in [6.07, 6.45) is 2.52. The number of halogens is 1. The lowest BCUT2D eigenvalue weighted by molar-refractivity contribution is -0.00593. The minimum absolute atomic E-state index is 0.231. The third kappa shape index (κ3) is 4.46. The van der Waals surface area contributed by atoms with E-state index >= 15 is 0 Å². The fourth-order valence-corrected chi connectivity index (χ4v) is 2.62. The van der Waals surface area contributed by atoms with Crippen molar-refractivity contribution in [3.63, 3.8) is 0 Å². The molecule has 1 aromatic rings. The summed E-state index contributed by atoms with van der Waals surface area (Å²) in [4.78, 5) is 2.43. The summed E-state index contributed by atoms with van der Waals surface area (Å²) in [6.45, 7) is 6.08. The number of benzene rings is 1. The molecule has 0 bridgehead atoms. The van der Waals surface area contributed by atoms with Crippen LogP contribution in [0.15, 0.2) is 24.3 Å². The van der Waals surface area contributed by atoms with Crippen LogP contribution in [0.3, 0.4) is 0 Å². The summed E-state index contributed by atoms with van der Waals surface area (Å²) in [5.41, 5.74) is 0. The lowest BCUT2D eigenvalue weighted by atomic mass is 9.96. The van der Waals surface area contributed by atoms with Gasteiger partial charge in [-0.3, -0.25) is 0 Å². The van der Waals surface area contributed by atoms with Gasteiger partial charge in [0.15, 0.2) is 0 Å². The van der Waals surface area contributed by atoms with Crippen molar-refractivity contribution in [2.24, 2.45) is 5.92 Å². The maximum absolute atomic E-state index is 12.7. The third-order valence-corrected chi connectivity index (χ3v) is 3.98. The SMILES string of the molecule is COC1CN(CCCOc2ccc(F)cc2)CCC1C. The first-order valence-corrected chi connectivity index (χ1v) is 7.32. The Morgan fingerprint density at radius 1 is 1.30 bits per heavy atom. The van der Waals surface area contributed by atoms with E-state index in [4.69, 9.17) is 9.47 Å². The summed E-state index contributed by atoms with van der Waals surface area (Å²) in [5, 5.41) is 0. The highest BCUT2D eigenvalue weighted by Gasteiger charge is 2.25. The average molecular weight is 281 g/mol. The van der Waals surface area contributed by atoms with Gasteiger partial charge < -0.3 is 14.4 Å². The zero-order valence-corrected chi connectivity index (χ0v) is 12.3. The molecule has 0 aromatic heterocycles. The monoisotopic (exact) mass is 281 g/mol.